The molecule has 3 N–H and O–H groups in total. The molecular weight excluding hydrogens is 260 g/mol. The third-order valence-corrected chi connectivity index (χ3v) is 2.53. The Labute approximate surface area is 110 Å². The van der Waals surface area contributed by atoms with E-state index in [0.29, 0.717) is 22.9 Å². The Hall–Kier alpha value is -1.33. The lowest BCUT2D eigenvalue weighted by Gasteiger charge is -2.09. The van der Waals surface area contributed by atoms with Crippen LogP contribution in [0, 0.1) is 0 Å². The van der Waals surface area contributed by atoms with Gasteiger partial charge in [-0.05, 0) is 25.1 Å². The predicted octanol–water partition coefficient (Wildman–Crippen LogP) is 1.95. The summed E-state index contributed by atoms with van der Waals surface area (Å²) in [7, 11) is 0. The van der Waals surface area contributed by atoms with Gasteiger partial charge in [-0.1, -0.05) is 23.8 Å². The fourth-order valence-corrected chi connectivity index (χ4v) is 1.57. The molecule has 0 unspecified atom stereocenters. The van der Waals surface area contributed by atoms with Crippen molar-refractivity contribution in [2.45, 2.75) is 6.92 Å². The SMILES string of the molecule is CCOC(=O)CNc1ccc(C(N)=S)cc1Cl. The molecule has 0 amide bonds. The molecule has 0 saturated carbocycles. The molecule has 0 heterocycles. The normalized spacial score (nSPS) is 9.76. The van der Waals surface area contributed by atoms with E-state index in [0.717, 1.165) is 0 Å². The Morgan fingerprint density at radius 2 is 2.29 bits per heavy atom. The highest BCUT2D eigenvalue weighted by molar-refractivity contribution is 7.80. The molecule has 0 aliphatic rings. The lowest BCUT2D eigenvalue weighted by Crippen LogP contribution is -2.17. The molecule has 1 aromatic rings. The number of esters is 1. The molecule has 1 rings (SSSR count). The molecule has 0 fully saturated rings. The van der Waals surface area contributed by atoms with E-state index < -0.39 is 0 Å². The summed E-state index contributed by atoms with van der Waals surface area (Å²) < 4.78 is 4.78. The van der Waals surface area contributed by atoms with Crippen molar-refractivity contribution >= 4 is 40.5 Å². The van der Waals surface area contributed by atoms with Gasteiger partial charge in [0.1, 0.15) is 11.5 Å². The summed E-state index contributed by atoms with van der Waals surface area (Å²) in [6.45, 7) is 2.18. The van der Waals surface area contributed by atoms with Crippen molar-refractivity contribution in [2.24, 2.45) is 5.73 Å². The summed E-state index contributed by atoms with van der Waals surface area (Å²) in [6.07, 6.45) is 0. The molecule has 17 heavy (non-hydrogen) atoms. The van der Waals surface area contributed by atoms with Crippen LogP contribution in [-0.2, 0) is 9.53 Å². The van der Waals surface area contributed by atoms with E-state index in [2.05, 4.69) is 5.32 Å². The van der Waals surface area contributed by atoms with Crippen LogP contribution < -0.4 is 11.1 Å². The van der Waals surface area contributed by atoms with Gasteiger partial charge in [0.25, 0.3) is 0 Å². The quantitative estimate of drug-likeness (QED) is 0.634. The maximum absolute atomic E-state index is 11.1. The van der Waals surface area contributed by atoms with Crippen LogP contribution in [0.2, 0.25) is 5.02 Å². The highest BCUT2D eigenvalue weighted by atomic mass is 35.5. The van der Waals surface area contributed by atoms with Crippen LogP contribution in [-0.4, -0.2) is 24.1 Å². The Morgan fingerprint density at radius 1 is 1.59 bits per heavy atom. The molecule has 4 nitrogen and oxygen atoms in total. The number of carbonyl (C=O) groups is 1. The Balaban J connectivity index is 2.66. The van der Waals surface area contributed by atoms with Gasteiger partial charge in [0.05, 0.1) is 17.3 Å². The van der Waals surface area contributed by atoms with Gasteiger partial charge >= 0.3 is 5.97 Å². The second-order valence-corrected chi connectivity index (χ2v) is 4.06. The van der Waals surface area contributed by atoms with Crippen molar-refractivity contribution in [2.75, 3.05) is 18.5 Å². The third-order valence-electron chi connectivity index (χ3n) is 1.98. The first-order valence-corrected chi connectivity index (χ1v) is 5.82. The molecule has 92 valence electrons. The van der Waals surface area contributed by atoms with Crippen LogP contribution in [0.4, 0.5) is 5.69 Å². The average Bonchev–Trinajstić information content (AvgIpc) is 2.27. The van der Waals surface area contributed by atoms with Gasteiger partial charge in [0.15, 0.2) is 0 Å². The van der Waals surface area contributed by atoms with E-state index >= 15 is 0 Å². The lowest BCUT2D eigenvalue weighted by atomic mass is 10.2. The van der Waals surface area contributed by atoms with Crippen molar-refractivity contribution in [1.29, 1.82) is 0 Å². The second kappa shape index (κ2) is 6.42. The first-order valence-electron chi connectivity index (χ1n) is 5.03. The van der Waals surface area contributed by atoms with Gasteiger partial charge in [0, 0.05) is 5.56 Å². The Morgan fingerprint density at radius 3 is 2.82 bits per heavy atom. The zero-order valence-electron chi connectivity index (χ0n) is 9.33. The lowest BCUT2D eigenvalue weighted by molar-refractivity contribution is -0.140. The number of thiocarbonyl (C=S) groups is 1. The van der Waals surface area contributed by atoms with Gasteiger partial charge in [-0.25, -0.2) is 0 Å². The van der Waals surface area contributed by atoms with Crippen LogP contribution in [0.5, 0.6) is 0 Å². The molecular formula is C11H13ClN2O2S. The minimum atomic E-state index is -0.331. The van der Waals surface area contributed by atoms with E-state index in [-0.39, 0.29) is 17.5 Å². The molecule has 6 heteroatoms. The molecule has 0 radical (unpaired) electrons. The fraction of sp³-hybridized carbons (Fsp3) is 0.273. The Bertz CT molecular complexity index is 437. The number of nitrogens with one attached hydrogen (secondary N) is 1. The smallest absolute Gasteiger partial charge is 0.325 e. The number of hydrogen-bond acceptors (Lipinski definition) is 4. The van der Waals surface area contributed by atoms with Crippen LogP contribution in [0.1, 0.15) is 12.5 Å². The second-order valence-electron chi connectivity index (χ2n) is 3.22. The molecule has 0 aliphatic carbocycles. The fourth-order valence-electron chi connectivity index (χ4n) is 1.19. The number of ether oxygens (including phenoxy) is 1. The van der Waals surface area contributed by atoms with Crippen molar-refractivity contribution in [3.05, 3.63) is 28.8 Å². The monoisotopic (exact) mass is 272 g/mol. The highest BCUT2D eigenvalue weighted by Crippen LogP contribution is 2.22. The maximum atomic E-state index is 11.1. The van der Waals surface area contributed by atoms with Crippen molar-refractivity contribution in [3.63, 3.8) is 0 Å². The summed E-state index contributed by atoms with van der Waals surface area (Å²) in [4.78, 5) is 11.4. The van der Waals surface area contributed by atoms with E-state index in [9.17, 15) is 4.79 Å². The molecule has 0 atom stereocenters. The molecule has 0 aliphatic heterocycles. The van der Waals surface area contributed by atoms with Crippen molar-refractivity contribution < 1.29 is 9.53 Å². The maximum Gasteiger partial charge on any atom is 0.325 e. The van der Waals surface area contributed by atoms with E-state index in [1.807, 2.05) is 0 Å². The van der Waals surface area contributed by atoms with Crippen molar-refractivity contribution in [3.8, 4) is 0 Å². The largest absolute Gasteiger partial charge is 0.465 e. The summed E-state index contributed by atoms with van der Waals surface area (Å²) in [5, 5.41) is 3.33. The molecule has 0 spiro atoms. The van der Waals surface area contributed by atoms with Crippen molar-refractivity contribution in [1.82, 2.24) is 0 Å². The number of anilines is 1. The number of halogens is 1. The average molecular weight is 273 g/mol. The Kier molecular flexibility index (Phi) is 5.18. The minimum Gasteiger partial charge on any atom is -0.465 e. The number of hydrogen-bond donors (Lipinski definition) is 2. The van der Waals surface area contributed by atoms with Gasteiger partial charge in [0.2, 0.25) is 0 Å². The number of carbonyl (C=O) groups excluding carboxylic acids is 1. The summed E-state index contributed by atoms with van der Waals surface area (Å²) in [5.41, 5.74) is 6.80. The highest BCUT2D eigenvalue weighted by Gasteiger charge is 2.06. The first-order chi connectivity index (χ1) is 8.04. The standard InChI is InChI=1S/C11H13ClN2O2S/c1-2-16-10(15)6-14-9-4-3-7(11(13)17)5-8(9)12/h3-5,14H,2,6H2,1H3,(H2,13,17). The van der Waals surface area contributed by atoms with Gasteiger partial charge in [-0.15, -0.1) is 0 Å². The van der Waals surface area contributed by atoms with E-state index in [1.54, 1.807) is 25.1 Å². The van der Waals surface area contributed by atoms with Crippen LogP contribution in [0.15, 0.2) is 18.2 Å². The van der Waals surface area contributed by atoms with Crippen LogP contribution in [0.25, 0.3) is 0 Å². The van der Waals surface area contributed by atoms with E-state index in [1.165, 1.54) is 0 Å². The predicted molar refractivity (Wildman–Crippen MR) is 72.5 cm³/mol. The molecule has 1 aromatic carbocycles. The zero-order valence-corrected chi connectivity index (χ0v) is 10.9. The minimum absolute atomic E-state index is 0.0694. The van der Waals surface area contributed by atoms with Crippen LogP contribution >= 0.6 is 23.8 Å². The number of nitrogens with two attached hydrogens (primary N) is 1. The summed E-state index contributed by atoms with van der Waals surface area (Å²) >= 11 is 10.8. The number of rotatable bonds is 5. The van der Waals surface area contributed by atoms with Gasteiger partial charge in [-0.3, -0.25) is 4.79 Å². The summed E-state index contributed by atoms with van der Waals surface area (Å²) in [6, 6.07) is 5.11. The van der Waals surface area contributed by atoms with Gasteiger partial charge < -0.3 is 15.8 Å². The molecule has 0 saturated heterocycles. The number of benzene rings is 1. The zero-order chi connectivity index (χ0) is 12.8. The molecule has 0 aromatic heterocycles. The van der Waals surface area contributed by atoms with Crippen LogP contribution in [0.3, 0.4) is 0 Å². The van der Waals surface area contributed by atoms with Gasteiger partial charge in [-0.2, -0.15) is 0 Å². The topological polar surface area (TPSA) is 64.3 Å². The summed E-state index contributed by atoms with van der Waals surface area (Å²) in [5.74, 6) is -0.331. The molecule has 0 bridgehead atoms. The third kappa shape index (κ3) is 4.20. The first kappa shape index (κ1) is 13.7. The van der Waals surface area contributed by atoms with E-state index in [4.69, 9.17) is 34.3 Å².